The van der Waals surface area contributed by atoms with Gasteiger partial charge in [-0.15, -0.1) is 0 Å². The van der Waals surface area contributed by atoms with E-state index < -0.39 is 11.8 Å². The minimum Gasteiger partial charge on any atom is -0.465 e. The number of nitrogens with zero attached hydrogens (tertiary/aromatic N) is 2. The molecule has 2 aromatic rings. The van der Waals surface area contributed by atoms with Gasteiger partial charge in [0, 0.05) is 25.9 Å². The number of primary amides is 1. The highest BCUT2D eigenvalue weighted by molar-refractivity contribution is 6.31. The van der Waals surface area contributed by atoms with Crippen LogP contribution in [-0.4, -0.2) is 43.0 Å². The lowest BCUT2D eigenvalue weighted by atomic mass is 10.1. The van der Waals surface area contributed by atoms with Gasteiger partial charge in [0.2, 0.25) is 5.92 Å². The molecule has 30 heavy (non-hydrogen) atoms. The number of anilines is 1. The van der Waals surface area contributed by atoms with E-state index in [4.69, 9.17) is 17.3 Å². The fourth-order valence-corrected chi connectivity index (χ4v) is 3.11. The molecule has 3 rings (SSSR count). The van der Waals surface area contributed by atoms with Crippen LogP contribution in [0.2, 0.25) is 5.02 Å². The first-order chi connectivity index (χ1) is 14.1. The van der Waals surface area contributed by atoms with Gasteiger partial charge < -0.3 is 15.4 Å². The number of rotatable bonds is 3. The summed E-state index contributed by atoms with van der Waals surface area (Å²) in [7, 11) is 1.37. The summed E-state index contributed by atoms with van der Waals surface area (Å²) in [4.78, 5) is 28.2. The van der Waals surface area contributed by atoms with E-state index in [1.54, 1.807) is 36.1 Å². The van der Waals surface area contributed by atoms with Gasteiger partial charge in [-0.1, -0.05) is 29.8 Å². The van der Waals surface area contributed by atoms with E-state index in [-0.39, 0.29) is 30.9 Å². The molecule has 1 amide bonds. The minimum atomic E-state index is -2.66. The molecule has 2 N–H and O–H groups in total. The van der Waals surface area contributed by atoms with Crippen molar-refractivity contribution in [3.8, 4) is 0 Å². The zero-order valence-corrected chi connectivity index (χ0v) is 17.6. The number of benzene rings is 1. The van der Waals surface area contributed by atoms with Gasteiger partial charge in [0.25, 0.3) is 5.91 Å². The smallest absolute Gasteiger partial charge is 0.337 e. The standard InChI is InChI=1S/C13H16ClF2N3O.C8H8O2/c1-8-10(14)7-9(11(17)20)12(18-8)19-5-2-3-13(15,16)4-6-19;1-10-8(9)7-5-3-2-4-6-7/h7H,2-6H2,1H3,(H2,17,20);2-6H,1H3. The van der Waals surface area contributed by atoms with E-state index in [0.717, 1.165) is 0 Å². The second-order valence-electron chi connectivity index (χ2n) is 6.85. The van der Waals surface area contributed by atoms with Crippen LogP contribution in [0.15, 0.2) is 36.4 Å². The summed E-state index contributed by atoms with van der Waals surface area (Å²) in [5.74, 6) is -3.27. The number of hydrogen-bond donors (Lipinski definition) is 1. The number of nitrogens with two attached hydrogens (primary N) is 1. The van der Waals surface area contributed by atoms with Crippen LogP contribution in [0.3, 0.4) is 0 Å². The minimum absolute atomic E-state index is 0.140. The fourth-order valence-electron chi connectivity index (χ4n) is 2.96. The van der Waals surface area contributed by atoms with Crippen molar-refractivity contribution in [2.45, 2.75) is 32.1 Å². The van der Waals surface area contributed by atoms with Crippen LogP contribution in [0, 0.1) is 6.92 Å². The molecule has 9 heteroatoms. The van der Waals surface area contributed by atoms with Crippen LogP contribution in [0.5, 0.6) is 0 Å². The molecule has 0 unspecified atom stereocenters. The molecule has 0 bridgehead atoms. The Balaban J connectivity index is 0.000000269. The van der Waals surface area contributed by atoms with Gasteiger partial charge in [-0.2, -0.15) is 0 Å². The van der Waals surface area contributed by atoms with Crippen LogP contribution in [0.1, 0.15) is 45.7 Å². The molecular weight excluding hydrogens is 416 g/mol. The third-order valence-electron chi connectivity index (χ3n) is 4.61. The molecule has 1 fully saturated rings. The highest BCUT2D eigenvalue weighted by Gasteiger charge is 2.33. The molecule has 1 aliphatic heterocycles. The Morgan fingerprint density at radius 3 is 2.47 bits per heavy atom. The number of carbonyl (C=O) groups excluding carboxylic acids is 2. The van der Waals surface area contributed by atoms with Crippen LogP contribution in [0.25, 0.3) is 0 Å². The number of ether oxygens (including phenoxy) is 1. The number of hydrogen-bond acceptors (Lipinski definition) is 5. The van der Waals surface area contributed by atoms with Crippen molar-refractivity contribution in [3.63, 3.8) is 0 Å². The van der Waals surface area contributed by atoms with E-state index in [0.29, 0.717) is 35.1 Å². The molecule has 1 aromatic carbocycles. The first-order valence-electron chi connectivity index (χ1n) is 9.37. The summed E-state index contributed by atoms with van der Waals surface area (Å²) in [5.41, 5.74) is 6.62. The normalized spacial score (nSPS) is 15.4. The van der Waals surface area contributed by atoms with Crippen molar-refractivity contribution in [3.05, 3.63) is 58.2 Å². The predicted octanol–water partition coefficient (Wildman–Crippen LogP) is 4.24. The quantitative estimate of drug-likeness (QED) is 0.723. The number of carbonyl (C=O) groups is 2. The van der Waals surface area contributed by atoms with Crippen molar-refractivity contribution in [1.29, 1.82) is 0 Å². The summed E-state index contributed by atoms with van der Waals surface area (Å²) in [6.45, 7) is 2.26. The largest absolute Gasteiger partial charge is 0.465 e. The number of esters is 1. The summed E-state index contributed by atoms with van der Waals surface area (Å²) in [6.07, 6.45) is -0.0644. The van der Waals surface area contributed by atoms with Gasteiger partial charge in [0.05, 0.1) is 29.0 Å². The third-order valence-corrected chi connectivity index (χ3v) is 4.99. The van der Waals surface area contributed by atoms with E-state index in [2.05, 4.69) is 9.72 Å². The zero-order valence-electron chi connectivity index (χ0n) is 16.8. The Morgan fingerprint density at radius 1 is 1.20 bits per heavy atom. The van der Waals surface area contributed by atoms with Crippen LogP contribution >= 0.6 is 11.6 Å². The fraction of sp³-hybridized carbons (Fsp3) is 0.381. The van der Waals surface area contributed by atoms with E-state index in [1.807, 2.05) is 6.07 Å². The summed E-state index contributed by atoms with van der Waals surface area (Å²) in [6, 6.07) is 10.3. The Labute approximate surface area is 179 Å². The van der Waals surface area contributed by atoms with Crippen LogP contribution in [0.4, 0.5) is 14.6 Å². The Hall–Kier alpha value is -2.74. The maximum absolute atomic E-state index is 13.4. The van der Waals surface area contributed by atoms with Gasteiger partial charge >= 0.3 is 5.97 Å². The Morgan fingerprint density at radius 2 is 1.87 bits per heavy atom. The van der Waals surface area contributed by atoms with Crippen molar-refractivity contribution in [1.82, 2.24) is 4.98 Å². The number of halogens is 3. The topological polar surface area (TPSA) is 85.5 Å². The second kappa shape index (κ2) is 10.3. The van der Waals surface area contributed by atoms with Crippen molar-refractivity contribution >= 4 is 29.3 Å². The summed E-state index contributed by atoms with van der Waals surface area (Å²) < 4.78 is 31.3. The molecule has 2 heterocycles. The maximum atomic E-state index is 13.4. The molecule has 0 saturated carbocycles. The molecule has 162 valence electrons. The number of pyridine rings is 1. The summed E-state index contributed by atoms with van der Waals surface area (Å²) in [5, 5.41) is 0.336. The molecule has 0 spiro atoms. The predicted molar refractivity (Wildman–Crippen MR) is 111 cm³/mol. The van der Waals surface area contributed by atoms with E-state index in [1.165, 1.54) is 13.2 Å². The number of alkyl halides is 2. The van der Waals surface area contributed by atoms with Crippen molar-refractivity contribution in [2.24, 2.45) is 5.73 Å². The SMILES string of the molecule is COC(=O)c1ccccc1.Cc1nc(N2CCCC(F)(F)CC2)c(C(N)=O)cc1Cl. The Kier molecular flexibility index (Phi) is 8.11. The number of methoxy groups -OCH3 is 1. The average molecular weight is 440 g/mol. The van der Waals surface area contributed by atoms with Crippen LogP contribution in [-0.2, 0) is 4.74 Å². The molecule has 0 atom stereocenters. The van der Waals surface area contributed by atoms with Crippen LogP contribution < -0.4 is 10.6 Å². The molecule has 0 radical (unpaired) electrons. The summed E-state index contributed by atoms with van der Waals surface area (Å²) >= 11 is 5.94. The van der Waals surface area contributed by atoms with E-state index in [9.17, 15) is 18.4 Å². The van der Waals surface area contributed by atoms with Gasteiger partial charge in [0.15, 0.2) is 0 Å². The molecule has 0 aliphatic carbocycles. The lowest BCUT2D eigenvalue weighted by Crippen LogP contribution is -2.29. The van der Waals surface area contributed by atoms with Gasteiger partial charge in [0.1, 0.15) is 5.82 Å². The lowest BCUT2D eigenvalue weighted by Gasteiger charge is -2.24. The van der Waals surface area contributed by atoms with Gasteiger partial charge in [-0.05, 0) is 31.5 Å². The lowest BCUT2D eigenvalue weighted by molar-refractivity contribution is -0.0102. The van der Waals surface area contributed by atoms with Gasteiger partial charge in [-0.3, -0.25) is 4.79 Å². The highest BCUT2D eigenvalue weighted by Crippen LogP contribution is 2.31. The number of amides is 1. The Bertz CT molecular complexity index is 895. The molecule has 1 saturated heterocycles. The molecule has 1 aromatic heterocycles. The average Bonchev–Trinajstić information content (AvgIpc) is 2.90. The second-order valence-corrected chi connectivity index (χ2v) is 7.25. The monoisotopic (exact) mass is 439 g/mol. The zero-order chi connectivity index (χ0) is 22.3. The van der Waals surface area contributed by atoms with Crippen molar-refractivity contribution in [2.75, 3.05) is 25.1 Å². The maximum Gasteiger partial charge on any atom is 0.337 e. The molecular formula is C21H24ClF2N3O3. The third kappa shape index (κ3) is 6.38. The first kappa shape index (κ1) is 23.5. The molecule has 1 aliphatic rings. The number of aryl methyl sites for hydroxylation is 1. The number of aromatic nitrogens is 1. The molecule has 6 nitrogen and oxygen atoms in total. The van der Waals surface area contributed by atoms with Gasteiger partial charge in [-0.25, -0.2) is 18.6 Å². The first-order valence-corrected chi connectivity index (χ1v) is 9.75. The van der Waals surface area contributed by atoms with E-state index >= 15 is 0 Å². The highest BCUT2D eigenvalue weighted by atomic mass is 35.5. The van der Waals surface area contributed by atoms with Crippen molar-refractivity contribution < 1.29 is 23.1 Å².